The third kappa shape index (κ3) is 13.5. The van der Waals surface area contributed by atoms with Crippen LogP contribution >= 0.6 is 0 Å². The fraction of sp³-hybridized carbons (Fsp3) is 0.737. The van der Waals surface area contributed by atoms with Gasteiger partial charge < -0.3 is 29.0 Å². The summed E-state index contributed by atoms with van der Waals surface area (Å²) < 4.78 is 265. The first-order chi connectivity index (χ1) is 29.0. The van der Waals surface area contributed by atoms with Gasteiger partial charge in [-0.05, 0) is 62.3 Å². The second-order valence-electron chi connectivity index (χ2n) is 15.3. The fourth-order valence-corrected chi connectivity index (χ4v) is 5.59. The Bertz CT molecular complexity index is 1640. The maximum Gasteiger partial charge on any atom is 0.460 e. The Labute approximate surface area is 354 Å². The highest BCUT2D eigenvalue weighted by Crippen LogP contribution is 2.55. The molecule has 1 N–H and O–H groups in total. The highest BCUT2D eigenvalue weighted by atomic mass is 19.4. The van der Waals surface area contributed by atoms with E-state index in [1.54, 1.807) is 0 Å². The van der Waals surface area contributed by atoms with E-state index in [0.717, 1.165) is 6.08 Å². The number of hydrogen-bond acceptors (Lipinski definition) is 7. The normalized spacial score (nSPS) is 18.0. The molecule has 0 unspecified atom stereocenters. The standard InChI is InChI=1S/C38H45F18NO7/c1-5-29(2,3)28(59)57-24-10-14-26(15-11-24)64-27(58)16-9-23-7-12-25(13-8-23)61-20-6-17-32(60-4,62-21-18-30(39,40)33(43,44)35(47,48)37(51,52)53)63-22-19-31(41,42)34(45,46)36(49,50)38(54,55)56/h7-9,12-13,16,24,26H,5-6,10-11,14-15,17-22H2,1-4H3,(H,57,59)/b16-9+/t24-,26-. The average Bonchev–Trinajstić information content (AvgIpc) is 3.18. The number of carbonyl (C=O) groups excluding carboxylic acids is 2. The van der Waals surface area contributed by atoms with Crippen LogP contribution in [0.25, 0.3) is 6.08 Å². The van der Waals surface area contributed by atoms with Crippen LogP contribution in [0.1, 0.15) is 84.1 Å². The lowest BCUT2D eigenvalue weighted by Gasteiger charge is -2.36. The van der Waals surface area contributed by atoms with Crippen LogP contribution in [0.2, 0.25) is 0 Å². The second-order valence-corrected chi connectivity index (χ2v) is 15.3. The molecule has 26 heteroatoms. The number of hydrogen-bond donors (Lipinski definition) is 1. The van der Waals surface area contributed by atoms with Crippen molar-refractivity contribution in [1.29, 1.82) is 0 Å². The van der Waals surface area contributed by atoms with E-state index in [-0.39, 0.29) is 17.7 Å². The molecule has 0 atom stereocenters. The average molecular weight is 970 g/mol. The van der Waals surface area contributed by atoms with Crippen molar-refractivity contribution < 1.29 is 112 Å². The van der Waals surface area contributed by atoms with Crippen LogP contribution in [0.15, 0.2) is 30.3 Å². The quantitative estimate of drug-likeness (QED) is 0.0363. The molecule has 0 spiro atoms. The van der Waals surface area contributed by atoms with Gasteiger partial charge in [0.25, 0.3) is 5.97 Å². The van der Waals surface area contributed by atoms with Crippen molar-refractivity contribution in [2.75, 3.05) is 26.9 Å². The van der Waals surface area contributed by atoms with E-state index in [2.05, 4.69) is 14.8 Å². The summed E-state index contributed by atoms with van der Waals surface area (Å²) in [5, 5.41) is 3.01. The maximum absolute atomic E-state index is 14.1. The van der Waals surface area contributed by atoms with Gasteiger partial charge in [0, 0.05) is 43.9 Å². The molecule has 64 heavy (non-hydrogen) atoms. The summed E-state index contributed by atoms with van der Waals surface area (Å²) in [6.07, 6.45) is -16.4. The number of halogens is 18. The molecule has 0 heterocycles. The lowest BCUT2D eigenvalue weighted by Crippen LogP contribution is -2.61. The van der Waals surface area contributed by atoms with Crippen molar-refractivity contribution >= 4 is 18.0 Å². The highest BCUT2D eigenvalue weighted by molar-refractivity contribution is 5.87. The zero-order valence-corrected chi connectivity index (χ0v) is 34.3. The van der Waals surface area contributed by atoms with E-state index in [1.165, 1.54) is 30.3 Å². The van der Waals surface area contributed by atoms with Gasteiger partial charge in [-0.1, -0.05) is 32.9 Å². The Morgan fingerprint density at radius 3 is 1.52 bits per heavy atom. The summed E-state index contributed by atoms with van der Waals surface area (Å²) in [6, 6.07) is 5.44. The zero-order chi connectivity index (χ0) is 49.4. The van der Waals surface area contributed by atoms with Crippen LogP contribution in [0.4, 0.5) is 79.0 Å². The molecule has 0 saturated heterocycles. The number of carbonyl (C=O) groups is 2. The van der Waals surface area contributed by atoms with Crippen molar-refractivity contribution in [2.24, 2.45) is 5.41 Å². The van der Waals surface area contributed by atoms with Gasteiger partial charge in [0.1, 0.15) is 11.9 Å². The predicted octanol–water partition coefficient (Wildman–Crippen LogP) is 11.3. The number of esters is 1. The first-order valence-electron chi connectivity index (χ1n) is 19.1. The lowest BCUT2D eigenvalue weighted by atomic mass is 9.87. The summed E-state index contributed by atoms with van der Waals surface area (Å²) in [5.74, 6) is -45.3. The highest BCUT2D eigenvalue weighted by Gasteiger charge is 2.82. The molecule has 2 rings (SSSR count). The van der Waals surface area contributed by atoms with E-state index in [9.17, 15) is 88.6 Å². The van der Waals surface area contributed by atoms with Crippen molar-refractivity contribution in [1.82, 2.24) is 5.32 Å². The van der Waals surface area contributed by atoms with Gasteiger partial charge in [-0.15, -0.1) is 0 Å². The minimum Gasteiger partial charge on any atom is -0.494 e. The van der Waals surface area contributed by atoms with E-state index in [0.29, 0.717) is 44.8 Å². The number of alkyl halides is 18. The van der Waals surface area contributed by atoms with Crippen LogP contribution in [0.3, 0.4) is 0 Å². The van der Waals surface area contributed by atoms with E-state index < -0.39 is 117 Å². The Morgan fingerprint density at radius 2 is 1.11 bits per heavy atom. The number of ether oxygens (including phenoxy) is 5. The van der Waals surface area contributed by atoms with Crippen LogP contribution in [-0.2, 0) is 28.5 Å². The second kappa shape index (κ2) is 20.9. The Hall–Kier alpha value is -3.68. The number of amides is 1. The molecule has 1 aromatic rings. The monoisotopic (exact) mass is 969 g/mol. The molecule has 1 amide bonds. The number of rotatable bonds is 24. The molecular weight excluding hydrogens is 924 g/mol. The van der Waals surface area contributed by atoms with Crippen molar-refractivity contribution in [3.63, 3.8) is 0 Å². The van der Waals surface area contributed by atoms with E-state index in [4.69, 9.17) is 14.2 Å². The lowest BCUT2D eigenvalue weighted by molar-refractivity contribution is -0.409. The van der Waals surface area contributed by atoms with Crippen LogP contribution in [0.5, 0.6) is 5.75 Å². The van der Waals surface area contributed by atoms with Crippen molar-refractivity contribution in [3.05, 3.63) is 35.9 Å². The molecule has 370 valence electrons. The van der Waals surface area contributed by atoms with Crippen LogP contribution in [-0.4, -0.2) is 105 Å². The molecule has 1 aromatic carbocycles. The van der Waals surface area contributed by atoms with Gasteiger partial charge in [0.2, 0.25) is 5.91 Å². The van der Waals surface area contributed by atoms with E-state index in [1.807, 2.05) is 20.8 Å². The van der Waals surface area contributed by atoms with Gasteiger partial charge in [0.05, 0.1) is 19.8 Å². The molecule has 0 radical (unpaired) electrons. The topological polar surface area (TPSA) is 92.3 Å². The Morgan fingerprint density at radius 1 is 0.656 bits per heavy atom. The van der Waals surface area contributed by atoms with Gasteiger partial charge in [-0.3, -0.25) is 4.79 Å². The third-order valence-corrected chi connectivity index (χ3v) is 10.2. The van der Waals surface area contributed by atoms with Crippen LogP contribution in [0, 0.1) is 5.41 Å². The fourth-order valence-electron chi connectivity index (χ4n) is 5.59. The predicted molar refractivity (Wildman–Crippen MR) is 187 cm³/mol. The minimum absolute atomic E-state index is 0.0516. The number of nitrogens with one attached hydrogen (secondary N) is 1. The minimum atomic E-state index is -7.32. The molecule has 0 bridgehead atoms. The Kier molecular flexibility index (Phi) is 18.4. The summed E-state index contributed by atoms with van der Waals surface area (Å²) in [6.45, 7) is 0.958. The van der Waals surface area contributed by atoms with Crippen molar-refractivity contribution in [2.45, 2.75) is 145 Å². The van der Waals surface area contributed by atoms with E-state index >= 15 is 0 Å². The maximum atomic E-state index is 14.1. The number of benzene rings is 1. The molecule has 8 nitrogen and oxygen atoms in total. The summed E-state index contributed by atoms with van der Waals surface area (Å²) >= 11 is 0. The van der Waals surface area contributed by atoms with Gasteiger partial charge in [0.15, 0.2) is 0 Å². The van der Waals surface area contributed by atoms with Gasteiger partial charge in [-0.25, -0.2) is 4.79 Å². The Balaban J connectivity index is 2.09. The zero-order valence-electron chi connectivity index (χ0n) is 34.3. The molecule has 1 aliphatic carbocycles. The van der Waals surface area contributed by atoms with Gasteiger partial charge in [-0.2, -0.15) is 79.0 Å². The molecule has 0 aliphatic heterocycles. The number of methoxy groups -OCH3 is 1. The third-order valence-electron chi connectivity index (χ3n) is 10.2. The SMILES string of the molecule is CCC(C)(C)C(=O)N[C@H]1CC[C@H](OC(=O)/C=C/c2ccc(OCCCC(OC)(OCCC(F)(F)C(F)(F)C(F)(F)C(F)(F)F)OCCC(F)(F)C(F)(F)C(F)(F)C(F)(F)F)cc2)CC1. The molecule has 1 saturated carbocycles. The molecule has 1 aliphatic rings. The van der Waals surface area contributed by atoms with Crippen LogP contribution < -0.4 is 10.1 Å². The smallest absolute Gasteiger partial charge is 0.460 e. The molecule has 0 aromatic heterocycles. The summed E-state index contributed by atoms with van der Waals surface area (Å²) in [7, 11) is 0.485. The molecule has 1 fully saturated rings. The largest absolute Gasteiger partial charge is 0.494 e. The summed E-state index contributed by atoms with van der Waals surface area (Å²) in [5.41, 5.74) is -0.0974. The van der Waals surface area contributed by atoms with Crippen molar-refractivity contribution in [3.8, 4) is 5.75 Å². The molecular formula is C38H45F18NO7. The first kappa shape index (κ1) is 56.4. The summed E-state index contributed by atoms with van der Waals surface area (Å²) in [4.78, 5) is 24.9. The van der Waals surface area contributed by atoms with Gasteiger partial charge >= 0.3 is 53.9 Å². The first-order valence-corrected chi connectivity index (χ1v) is 19.1.